The molecule has 7 heteroatoms. The van der Waals surface area contributed by atoms with Crippen molar-refractivity contribution in [1.29, 1.82) is 0 Å². The van der Waals surface area contributed by atoms with Crippen LogP contribution in [0.5, 0.6) is 0 Å². The van der Waals surface area contributed by atoms with Crippen LogP contribution in [0.15, 0.2) is 22.6 Å². The molecule has 0 saturated carbocycles. The number of aromatic nitrogens is 1. The molecule has 2 rings (SSSR count). The maximum atomic E-state index is 11.6. The Balaban J connectivity index is 2.42. The number of benzene rings is 1. The number of esters is 1. The van der Waals surface area contributed by atoms with Gasteiger partial charge in [0.05, 0.1) is 17.2 Å². The number of anilines is 1. The lowest BCUT2D eigenvalue weighted by Crippen LogP contribution is -2.07. The average Bonchev–Trinajstić information content (AvgIpc) is 2.71. The zero-order valence-corrected chi connectivity index (χ0v) is 11.5. The van der Waals surface area contributed by atoms with E-state index >= 15 is 0 Å². The van der Waals surface area contributed by atoms with E-state index in [1.54, 1.807) is 25.1 Å². The summed E-state index contributed by atoms with van der Waals surface area (Å²) in [5, 5.41) is 0.836. The molecule has 0 radical (unpaired) electrons. The highest BCUT2D eigenvalue weighted by Crippen LogP contribution is 2.31. The predicted octanol–water partition coefficient (Wildman–Crippen LogP) is 3.41. The molecule has 0 saturated heterocycles. The number of oxazole rings is 1. The number of carbonyl (C=O) groups is 1. The second-order valence-electron chi connectivity index (χ2n) is 3.58. The van der Waals surface area contributed by atoms with Crippen LogP contribution in [-0.2, 0) is 4.74 Å². The number of nitrogens with two attached hydrogens (primary N) is 1. The van der Waals surface area contributed by atoms with E-state index in [0.717, 1.165) is 0 Å². The third-order valence-corrected chi connectivity index (χ3v) is 2.83. The molecule has 1 heterocycles. The molecule has 0 aliphatic rings. The SMILES string of the molecule is CCOC(=O)c1nc(-c2ccc(Cl)cc2Cl)oc1N. The molecule has 0 bridgehead atoms. The number of halogens is 2. The van der Waals surface area contributed by atoms with Crippen molar-refractivity contribution >= 4 is 35.1 Å². The number of rotatable bonds is 3. The average molecular weight is 301 g/mol. The van der Waals surface area contributed by atoms with Crippen LogP contribution in [0.3, 0.4) is 0 Å². The molecule has 0 amide bonds. The first kappa shape index (κ1) is 13.7. The highest BCUT2D eigenvalue weighted by atomic mass is 35.5. The largest absolute Gasteiger partial charge is 0.461 e. The summed E-state index contributed by atoms with van der Waals surface area (Å²) < 4.78 is 10.0. The van der Waals surface area contributed by atoms with Gasteiger partial charge in [0.15, 0.2) is 0 Å². The minimum Gasteiger partial charge on any atom is -0.461 e. The lowest BCUT2D eigenvalue weighted by atomic mass is 10.2. The second kappa shape index (κ2) is 5.50. The van der Waals surface area contributed by atoms with Crippen molar-refractivity contribution < 1.29 is 13.9 Å². The van der Waals surface area contributed by atoms with Crippen molar-refractivity contribution in [1.82, 2.24) is 4.98 Å². The first-order valence-corrected chi connectivity index (χ1v) is 6.17. The van der Waals surface area contributed by atoms with E-state index in [-0.39, 0.29) is 24.1 Å². The number of hydrogen-bond donors (Lipinski definition) is 1. The predicted molar refractivity (Wildman–Crippen MR) is 72.3 cm³/mol. The summed E-state index contributed by atoms with van der Waals surface area (Å²) >= 11 is 11.8. The van der Waals surface area contributed by atoms with Crippen LogP contribution in [0.1, 0.15) is 17.4 Å². The van der Waals surface area contributed by atoms with Crippen LogP contribution in [0.25, 0.3) is 11.5 Å². The molecular weight excluding hydrogens is 291 g/mol. The van der Waals surface area contributed by atoms with Gasteiger partial charge < -0.3 is 14.9 Å². The first-order valence-electron chi connectivity index (χ1n) is 5.41. The zero-order valence-electron chi connectivity index (χ0n) is 9.94. The van der Waals surface area contributed by atoms with Gasteiger partial charge in [-0.3, -0.25) is 0 Å². The lowest BCUT2D eigenvalue weighted by Gasteiger charge is -1.99. The Labute approximate surface area is 119 Å². The van der Waals surface area contributed by atoms with Crippen LogP contribution in [0.2, 0.25) is 10.0 Å². The van der Waals surface area contributed by atoms with E-state index in [4.69, 9.17) is 38.1 Å². The van der Waals surface area contributed by atoms with Gasteiger partial charge in [-0.15, -0.1) is 0 Å². The van der Waals surface area contributed by atoms with Gasteiger partial charge in [-0.05, 0) is 25.1 Å². The van der Waals surface area contributed by atoms with Gasteiger partial charge in [-0.2, -0.15) is 4.98 Å². The molecule has 0 unspecified atom stereocenters. The van der Waals surface area contributed by atoms with Crippen molar-refractivity contribution in [2.45, 2.75) is 6.92 Å². The Kier molecular flexibility index (Phi) is 3.97. The molecule has 0 fully saturated rings. The van der Waals surface area contributed by atoms with Gasteiger partial charge >= 0.3 is 5.97 Å². The Morgan fingerprint density at radius 1 is 1.47 bits per heavy atom. The molecule has 0 aliphatic heterocycles. The van der Waals surface area contributed by atoms with Crippen LogP contribution in [-0.4, -0.2) is 17.6 Å². The van der Waals surface area contributed by atoms with Gasteiger partial charge in [0, 0.05) is 5.02 Å². The summed E-state index contributed by atoms with van der Waals surface area (Å²) in [5.74, 6) is -0.609. The minimum atomic E-state index is -0.639. The van der Waals surface area contributed by atoms with E-state index in [9.17, 15) is 4.79 Å². The van der Waals surface area contributed by atoms with Gasteiger partial charge in [-0.25, -0.2) is 4.79 Å². The van der Waals surface area contributed by atoms with E-state index in [2.05, 4.69) is 4.98 Å². The molecule has 1 aromatic carbocycles. The molecule has 0 aliphatic carbocycles. The van der Waals surface area contributed by atoms with Crippen LogP contribution >= 0.6 is 23.2 Å². The standard InChI is InChI=1S/C12H10Cl2N2O3/c1-2-18-12(17)9-10(15)19-11(16-9)7-4-3-6(13)5-8(7)14/h3-5H,2,15H2,1H3. The Hall–Kier alpha value is -1.72. The summed E-state index contributed by atoms with van der Waals surface area (Å²) in [6, 6.07) is 4.81. The fourth-order valence-electron chi connectivity index (χ4n) is 1.46. The minimum absolute atomic E-state index is 0.0668. The Morgan fingerprint density at radius 2 is 2.21 bits per heavy atom. The molecule has 2 aromatic rings. The molecular formula is C12H10Cl2N2O3. The fraction of sp³-hybridized carbons (Fsp3) is 0.167. The molecule has 2 N–H and O–H groups in total. The molecule has 0 spiro atoms. The van der Waals surface area contributed by atoms with Crippen LogP contribution in [0, 0.1) is 0 Å². The number of nitrogen functional groups attached to an aromatic ring is 1. The van der Waals surface area contributed by atoms with Crippen molar-refractivity contribution in [3.8, 4) is 11.5 Å². The summed E-state index contributed by atoms with van der Waals surface area (Å²) in [7, 11) is 0. The number of ether oxygens (including phenoxy) is 1. The Bertz CT molecular complexity index is 625. The van der Waals surface area contributed by atoms with Crippen LogP contribution in [0.4, 0.5) is 5.88 Å². The normalized spacial score (nSPS) is 10.5. The van der Waals surface area contributed by atoms with Crippen LogP contribution < -0.4 is 5.73 Å². The zero-order chi connectivity index (χ0) is 14.0. The monoisotopic (exact) mass is 300 g/mol. The fourth-order valence-corrected chi connectivity index (χ4v) is 1.95. The topological polar surface area (TPSA) is 78.3 Å². The highest BCUT2D eigenvalue weighted by Gasteiger charge is 2.21. The third-order valence-electron chi connectivity index (χ3n) is 2.28. The third kappa shape index (κ3) is 2.83. The Morgan fingerprint density at radius 3 is 2.84 bits per heavy atom. The molecule has 1 aromatic heterocycles. The van der Waals surface area contributed by atoms with Gasteiger partial charge in [-0.1, -0.05) is 23.2 Å². The van der Waals surface area contributed by atoms with E-state index in [1.165, 1.54) is 0 Å². The summed E-state index contributed by atoms with van der Waals surface area (Å²) in [4.78, 5) is 15.6. The van der Waals surface area contributed by atoms with E-state index in [1.807, 2.05) is 0 Å². The second-order valence-corrected chi connectivity index (χ2v) is 4.42. The highest BCUT2D eigenvalue weighted by molar-refractivity contribution is 6.36. The van der Waals surface area contributed by atoms with Crippen molar-refractivity contribution in [3.63, 3.8) is 0 Å². The van der Waals surface area contributed by atoms with E-state index in [0.29, 0.717) is 15.6 Å². The van der Waals surface area contributed by atoms with Gasteiger partial charge in [0.1, 0.15) is 0 Å². The van der Waals surface area contributed by atoms with Crippen molar-refractivity contribution in [3.05, 3.63) is 33.9 Å². The maximum Gasteiger partial charge on any atom is 0.362 e. The first-order chi connectivity index (χ1) is 9.02. The quantitative estimate of drug-likeness (QED) is 0.879. The number of hydrogen-bond acceptors (Lipinski definition) is 5. The number of nitrogens with zero attached hydrogens (tertiary/aromatic N) is 1. The molecule has 0 atom stereocenters. The van der Waals surface area contributed by atoms with Gasteiger partial charge in [0.25, 0.3) is 0 Å². The van der Waals surface area contributed by atoms with Gasteiger partial charge in [0.2, 0.25) is 17.5 Å². The molecule has 100 valence electrons. The summed E-state index contributed by atoms with van der Waals surface area (Å²) in [6.45, 7) is 1.91. The van der Waals surface area contributed by atoms with Crippen molar-refractivity contribution in [2.75, 3.05) is 12.3 Å². The molecule has 19 heavy (non-hydrogen) atoms. The lowest BCUT2D eigenvalue weighted by molar-refractivity contribution is 0.0521. The van der Waals surface area contributed by atoms with E-state index < -0.39 is 5.97 Å². The van der Waals surface area contributed by atoms with Crippen molar-refractivity contribution in [2.24, 2.45) is 0 Å². The smallest absolute Gasteiger partial charge is 0.362 e. The summed E-state index contributed by atoms with van der Waals surface area (Å²) in [6.07, 6.45) is 0. The summed E-state index contributed by atoms with van der Waals surface area (Å²) in [5.41, 5.74) is 6.02. The molecule has 5 nitrogen and oxygen atoms in total. The maximum absolute atomic E-state index is 11.6. The number of carbonyl (C=O) groups excluding carboxylic acids is 1.